The Morgan fingerprint density at radius 2 is 2.03 bits per heavy atom. The van der Waals surface area contributed by atoms with Gasteiger partial charge in [0, 0.05) is 29.7 Å². The molecule has 0 saturated carbocycles. The van der Waals surface area contributed by atoms with E-state index in [-0.39, 0.29) is 12.6 Å². The molecule has 36 heavy (non-hydrogen) atoms. The molecule has 11 heteroatoms. The van der Waals surface area contributed by atoms with Crippen LogP contribution in [0.1, 0.15) is 11.3 Å². The molecule has 0 saturated heterocycles. The lowest BCUT2D eigenvalue weighted by atomic mass is 10.2. The molecular formula is C25H23Cl2N6O3+. The van der Waals surface area contributed by atoms with Crippen molar-refractivity contribution >= 4 is 40.3 Å². The first-order valence-corrected chi connectivity index (χ1v) is 11.8. The Hall–Kier alpha value is -3.84. The van der Waals surface area contributed by atoms with Crippen LogP contribution in [0, 0.1) is 11.3 Å². The number of pyridine rings is 1. The first-order chi connectivity index (χ1) is 17.4. The van der Waals surface area contributed by atoms with E-state index in [0.29, 0.717) is 50.7 Å². The monoisotopic (exact) mass is 525 g/mol. The molecule has 0 fully saturated rings. The molecule has 9 nitrogen and oxygen atoms in total. The standard InChI is InChI=1S/C25H22Cl2N6O3/c1-29-8-9-32(2)25(34)33-24-20(4-3-7-30-24)22(31-33)15-35-18-5-6-21(27)23(13-18)36-19-11-16(14-28)10-17(26)12-19/h3-7,10-13,29H,8-9,15H2,1-2H3/p+1. The molecular weight excluding hydrogens is 503 g/mol. The summed E-state index contributed by atoms with van der Waals surface area (Å²) >= 11 is 12.4. The maximum atomic E-state index is 12.9. The molecule has 2 aromatic carbocycles. The number of amides is 1. The van der Waals surface area contributed by atoms with Crippen LogP contribution in [0.15, 0.2) is 54.7 Å². The van der Waals surface area contributed by atoms with Crippen molar-refractivity contribution in [3.63, 3.8) is 0 Å². The number of hydrogen-bond acceptors (Lipinski definition) is 6. The van der Waals surface area contributed by atoms with E-state index in [4.69, 9.17) is 37.9 Å². The van der Waals surface area contributed by atoms with Gasteiger partial charge in [0.2, 0.25) is 0 Å². The van der Waals surface area contributed by atoms with Gasteiger partial charge in [-0.3, -0.25) is 0 Å². The zero-order valence-electron chi connectivity index (χ0n) is 19.6. The summed E-state index contributed by atoms with van der Waals surface area (Å²) in [6.07, 6.45) is 1.62. The number of fused-ring (bicyclic) bond motifs is 1. The van der Waals surface area contributed by atoms with Gasteiger partial charge in [0.1, 0.15) is 29.5 Å². The van der Waals surface area contributed by atoms with E-state index in [1.807, 2.05) is 24.5 Å². The van der Waals surface area contributed by atoms with Gasteiger partial charge in [0.15, 0.2) is 5.65 Å². The Kier molecular flexibility index (Phi) is 7.90. The number of nitrogens with two attached hydrogens (primary N) is 1. The molecule has 0 aliphatic rings. The van der Waals surface area contributed by atoms with Gasteiger partial charge in [-0.2, -0.15) is 15.0 Å². The van der Waals surface area contributed by atoms with Crippen molar-refractivity contribution < 1.29 is 19.6 Å². The predicted molar refractivity (Wildman–Crippen MR) is 136 cm³/mol. The second-order valence-corrected chi connectivity index (χ2v) is 8.75. The Balaban J connectivity index is 1.55. The molecule has 4 rings (SSSR count). The Morgan fingerprint density at radius 1 is 1.19 bits per heavy atom. The molecule has 2 N–H and O–H groups in total. The maximum absolute atomic E-state index is 12.9. The SMILES string of the molecule is C[NH2+]CCN(C)C(=O)n1nc(COc2ccc(Cl)c(Oc3cc(Cl)cc(C#N)c3)c2)c2cccnc21. The fourth-order valence-electron chi connectivity index (χ4n) is 3.45. The minimum Gasteiger partial charge on any atom is -0.487 e. The van der Waals surface area contributed by atoms with Crippen LogP contribution in [0.25, 0.3) is 11.0 Å². The van der Waals surface area contributed by atoms with Gasteiger partial charge in [-0.1, -0.05) is 23.2 Å². The zero-order chi connectivity index (χ0) is 25.7. The van der Waals surface area contributed by atoms with Crippen molar-refractivity contribution in [3.8, 4) is 23.3 Å². The fraction of sp³-hybridized carbons (Fsp3) is 0.200. The summed E-state index contributed by atoms with van der Waals surface area (Å²) in [4.78, 5) is 18.9. The smallest absolute Gasteiger partial charge is 0.346 e. The highest BCUT2D eigenvalue weighted by molar-refractivity contribution is 6.32. The number of quaternary nitrogens is 1. The summed E-state index contributed by atoms with van der Waals surface area (Å²) in [7, 11) is 3.68. The van der Waals surface area contributed by atoms with Crippen LogP contribution in [0.3, 0.4) is 0 Å². The lowest BCUT2D eigenvalue weighted by molar-refractivity contribution is -0.626. The van der Waals surface area contributed by atoms with E-state index < -0.39 is 0 Å². The van der Waals surface area contributed by atoms with Crippen LogP contribution in [0.5, 0.6) is 17.2 Å². The van der Waals surface area contributed by atoms with Crippen molar-refractivity contribution in [2.75, 3.05) is 27.2 Å². The first kappa shape index (κ1) is 25.3. The van der Waals surface area contributed by atoms with Crippen LogP contribution in [0.2, 0.25) is 10.0 Å². The molecule has 0 unspecified atom stereocenters. The Labute approximate surface area is 217 Å². The highest BCUT2D eigenvalue weighted by Gasteiger charge is 2.20. The molecule has 1 amide bonds. The van der Waals surface area contributed by atoms with E-state index in [2.05, 4.69) is 10.1 Å². The largest absolute Gasteiger partial charge is 0.487 e. The van der Waals surface area contributed by atoms with Gasteiger partial charge in [-0.15, -0.1) is 0 Å². The number of benzene rings is 2. The Morgan fingerprint density at radius 3 is 2.81 bits per heavy atom. The molecule has 184 valence electrons. The van der Waals surface area contributed by atoms with Crippen LogP contribution < -0.4 is 14.8 Å². The van der Waals surface area contributed by atoms with Gasteiger partial charge in [0.25, 0.3) is 0 Å². The maximum Gasteiger partial charge on any atom is 0.346 e. The number of hydrogen-bond donors (Lipinski definition) is 1. The van der Waals surface area contributed by atoms with Gasteiger partial charge < -0.3 is 19.7 Å². The molecule has 0 aliphatic carbocycles. The van der Waals surface area contributed by atoms with Crippen molar-refractivity contribution in [1.82, 2.24) is 19.7 Å². The quantitative estimate of drug-likeness (QED) is 0.371. The van der Waals surface area contributed by atoms with E-state index in [9.17, 15) is 4.79 Å². The number of rotatable bonds is 8. The minimum absolute atomic E-state index is 0.0890. The molecule has 0 radical (unpaired) electrons. The third-order valence-corrected chi connectivity index (χ3v) is 5.82. The summed E-state index contributed by atoms with van der Waals surface area (Å²) in [6, 6.07) is 15.1. The number of nitriles is 1. The van der Waals surface area contributed by atoms with Crippen molar-refractivity contribution in [3.05, 3.63) is 76.0 Å². The number of aromatic nitrogens is 3. The van der Waals surface area contributed by atoms with Gasteiger partial charge in [0.05, 0.1) is 36.8 Å². The number of carbonyl (C=O) groups excluding carboxylic acids is 1. The normalized spacial score (nSPS) is 10.8. The molecule has 0 spiro atoms. The summed E-state index contributed by atoms with van der Waals surface area (Å²) in [5.41, 5.74) is 1.39. The molecule has 2 aromatic heterocycles. The zero-order valence-corrected chi connectivity index (χ0v) is 21.1. The minimum atomic E-state index is -0.271. The third-order valence-electron chi connectivity index (χ3n) is 5.29. The van der Waals surface area contributed by atoms with E-state index >= 15 is 0 Å². The van der Waals surface area contributed by atoms with Gasteiger partial charge in [-0.05, 0) is 42.5 Å². The van der Waals surface area contributed by atoms with Gasteiger partial charge >= 0.3 is 6.03 Å². The van der Waals surface area contributed by atoms with Crippen LogP contribution in [-0.2, 0) is 6.61 Å². The molecule has 2 heterocycles. The lowest BCUT2D eigenvalue weighted by Gasteiger charge is -2.15. The summed E-state index contributed by atoms with van der Waals surface area (Å²) in [5.74, 6) is 1.18. The highest BCUT2D eigenvalue weighted by atomic mass is 35.5. The number of carbonyl (C=O) groups is 1. The summed E-state index contributed by atoms with van der Waals surface area (Å²) < 4.78 is 13.1. The molecule has 0 bridgehead atoms. The van der Waals surface area contributed by atoms with Crippen molar-refractivity contribution in [1.29, 1.82) is 5.26 Å². The first-order valence-electron chi connectivity index (χ1n) is 11.1. The van der Waals surface area contributed by atoms with E-state index in [1.165, 1.54) is 4.68 Å². The van der Waals surface area contributed by atoms with Crippen LogP contribution >= 0.6 is 23.2 Å². The Bertz CT molecular complexity index is 1450. The second-order valence-electron chi connectivity index (χ2n) is 7.90. The van der Waals surface area contributed by atoms with E-state index in [0.717, 1.165) is 11.9 Å². The van der Waals surface area contributed by atoms with Crippen LogP contribution in [-0.4, -0.2) is 52.9 Å². The molecule has 0 aliphatic heterocycles. The molecule has 4 aromatic rings. The number of ether oxygens (including phenoxy) is 2. The fourth-order valence-corrected chi connectivity index (χ4v) is 3.83. The van der Waals surface area contributed by atoms with E-state index in [1.54, 1.807) is 60.6 Å². The topological polar surface area (TPSA) is 110 Å². The van der Waals surface area contributed by atoms with Crippen LogP contribution in [0.4, 0.5) is 4.79 Å². The number of nitrogens with zero attached hydrogens (tertiary/aromatic N) is 5. The highest BCUT2D eigenvalue weighted by Crippen LogP contribution is 2.34. The number of halogens is 2. The summed E-state index contributed by atoms with van der Waals surface area (Å²) in [5, 5.41) is 17.1. The predicted octanol–water partition coefficient (Wildman–Crippen LogP) is 4.07. The lowest BCUT2D eigenvalue weighted by Crippen LogP contribution is -2.81. The second kappa shape index (κ2) is 11.3. The van der Waals surface area contributed by atoms with Gasteiger partial charge in [-0.25, -0.2) is 9.78 Å². The van der Waals surface area contributed by atoms with Crippen molar-refractivity contribution in [2.24, 2.45) is 0 Å². The average molecular weight is 526 g/mol. The van der Waals surface area contributed by atoms with Crippen molar-refractivity contribution in [2.45, 2.75) is 6.61 Å². The number of likely N-dealkylation sites (N-methyl/N-ethyl adjacent to an activating group) is 2. The summed E-state index contributed by atoms with van der Waals surface area (Å²) in [6.45, 7) is 1.44. The molecule has 0 atom stereocenters. The third kappa shape index (κ3) is 5.69. The average Bonchev–Trinajstić information content (AvgIpc) is 3.25.